The van der Waals surface area contributed by atoms with Crippen LogP contribution in [0, 0.1) is 5.92 Å². The van der Waals surface area contributed by atoms with E-state index in [1.165, 1.54) is 4.90 Å². The predicted molar refractivity (Wildman–Crippen MR) is 79.0 cm³/mol. The summed E-state index contributed by atoms with van der Waals surface area (Å²) >= 11 is 2.10. The number of amides is 1. The second-order valence-electron chi connectivity index (χ2n) is 5.97. The molecule has 3 nitrogen and oxygen atoms in total. The molecule has 0 aromatic rings. The van der Waals surface area contributed by atoms with Gasteiger partial charge >= 0.3 is 6.09 Å². The highest BCUT2D eigenvalue weighted by atomic mass is 127. The maximum absolute atomic E-state index is 13.9. The van der Waals surface area contributed by atoms with E-state index in [4.69, 9.17) is 4.74 Å². The molecule has 112 valence electrons. The van der Waals surface area contributed by atoms with E-state index in [2.05, 4.69) is 22.6 Å². The van der Waals surface area contributed by atoms with Gasteiger partial charge in [-0.05, 0) is 38.0 Å². The smallest absolute Gasteiger partial charge is 0.410 e. The summed E-state index contributed by atoms with van der Waals surface area (Å²) in [6.07, 6.45) is 0.284. The Bertz CT molecular complexity index is 318. The van der Waals surface area contributed by atoms with Crippen LogP contribution in [0.4, 0.5) is 13.6 Å². The van der Waals surface area contributed by atoms with Crippen LogP contribution in [-0.2, 0) is 4.74 Å². The second-order valence-corrected chi connectivity index (χ2v) is 7.04. The minimum absolute atomic E-state index is 0.0945. The van der Waals surface area contributed by atoms with Crippen molar-refractivity contribution in [2.75, 3.05) is 17.5 Å². The first kappa shape index (κ1) is 16.9. The number of likely N-dealkylation sites (tertiary alicyclic amines) is 1. The van der Waals surface area contributed by atoms with Gasteiger partial charge in [-0.2, -0.15) is 0 Å². The van der Waals surface area contributed by atoms with E-state index >= 15 is 0 Å². The van der Waals surface area contributed by atoms with Crippen molar-refractivity contribution < 1.29 is 18.3 Å². The number of carbonyl (C=O) groups excluding carboxylic acids is 1. The zero-order chi connectivity index (χ0) is 14.7. The fraction of sp³-hybridized carbons (Fsp3) is 0.923. The molecule has 1 aliphatic rings. The van der Waals surface area contributed by atoms with E-state index in [1.54, 1.807) is 20.8 Å². The van der Waals surface area contributed by atoms with Crippen molar-refractivity contribution >= 4 is 28.7 Å². The molecule has 0 aliphatic carbocycles. The highest BCUT2D eigenvalue weighted by Crippen LogP contribution is 2.36. The van der Waals surface area contributed by atoms with Gasteiger partial charge in [-0.1, -0.05) is 22.6 Å². The van der Waals surface area contributed by atoms with E-state index < -0.39 is 23.5 Å². The van der Waals surface area contributed by atoms with E-state index in [9.17, 15) is 13.6 Å². The molecule has 1 unspecified atom stereocenters. The van der Waals surface area contributed by atoms with Crippen LogP contribution >= 0.6 is 22.6 Å². The van der Waals surface area contributed by atoms with Gasteiger partial charge in [0.2, 0.25) is 0 Å². The van der Waals surface area contributed by atoms with Gasteiger partial charge < -0.3 is 9.64 Å². The average molecular weight is 389 g/mol. The molecule has 1 heterocycles. The lowest BCUT2D eigenvalue weighted by molar-refractivity contribution is -0.0615. The van der Waals surface area contributed by atoms with Crippen LogP contribution in [0.3, 0.4) is 0 Å². The number of ether oxygens (including phenoxy) is 1. The molecule has 1 saturated heterocycles. The molecular weight excluding hydrogens is 367 g/mol. The van der Waals surface area contributed by atoms with Gasteiger partial charge in [-0.3, -0.25) is 0 Å². The van der Waals surface area contributed by atoms with Crippen molar-refractivity contribution in [1.82, 2.24) is 4.90 Å². The maximum atomic E-state index is 13.9. The molecule has 19 heavy (non-hydrogen) atoms. The van der Waals surface area contributed by atoms with Crippen molar-refractivity contribution in [3.63, 3.8) is 0 Å². The van der Waals surface area contributed by atoms with E-state index in [1.807, 2.05) is 0 Å². The van der Waals surface area contributed by atoms with Gasteiger partial charge in [0.1, 0.15) is 5.60 Å². The van der Waals surface area contributed by atoms with Crippen molar-refractivity contribution in [2.24, 2.45) is 5.92 Å². The number of nitrogens with zero attached hydrogens (tertiary/aromatic N) is 1. The van der Waals surface area contributed by atoms with Crippen molar-refractivity contribution in [3.8, 4) is 0 Å². The Morgan fingerprint density at radius 1 is 1.42 bits per heavy atom. The van der Waals surface area contributed by atoms with Crippen molar-refractivity contribution in [1.29, 1.82) is 0 Å². The monoisotopic (exact) mass is 389 g/mol. The van der Waals surface area contributed by atoms with Crippen LogP contribution in [-0.4, -0.2) is 40.0 Å². The van der Waals surface area contributed by atoms with Crippen LogP contribution < -0.4 is 0 Å². The highest BCUT2D eigenvalue weighted by Gasteiger charge is 2.44. The van der Waals surface area contributed by atoms with Gasteiger partial charge in [-0.15, -0.1) is 0 Å². The van der Waals surface area contributed by atoms with E-state index in [-0.39, 0.29) is 13.0 Å². The Balaban J connectivity index is 2.51. The van der Waals surface area contributed by atoms with Crippen LogP contribution in [0.1, 0.15) is 40.0 Å². The SMILES string of the molecule is CC(C)(C)OC(=O)N1CCC(C(F)(F)CCCI)C1. The summed E-state index contributed by atoms with van der Waals surface area (Å²) in [4.78, 5) is 13.2. The first-order valence-electron chi connectivity index (χ1n) is 6.57. The second kappa shape index (κ2) is 6.54. The first-order valence-corrected chi connectivity index (χ1v) is 8.10. The molecule has 0 spiro atoms. The Kier molecular flexibility index (Phi) is 5.82. The molecule has 1 atom stereocenters. The molecule has 0 saturated carbocycles. The molecule has 0 N–H and O–H groups in total. The molecule has 1 rings (SSSR count). The molecular formula is C13H22F2INO2. The Morgan fingerprint density at radius 2 is 2.05 bits per heavy atom. The van der Waals surface area contributed by atoms with E-state index in [0.717, 1.165) is 4.43 Å². The molecule has 1 fully saturated rings. The van der Waals surface area contributed by atoms with Gasteiger partial charge in [0.25, 0.3) is 5.92 Å². The fourth-order valence-electron chi connectivity index (χ4n) is 2.10. The first-order chi connectivity index (χ1) is 8.65. The molecule has 0 aromatic carbocycles. The number of rotatable bonds is 4. The maximum Gasteiger partial charge on any atom is 0.410 e. The van der Waals surface area contributed by atoms with Gasteiger partial charge in [0, 0.05) is 25.4 Å². The summed E-state index contributed by atoms with van der Waals surface area (Å²) in [5.74, 6) is -3.41. The highest BCUT2D eigenvalue weighted by molar-refractivity contribution is 14.1. The predicted octanol–water partition coefficient (Wildman–Crippen LogP) is 4.09. The molecule has 1 aliphatic heterocycles. The Labute approximate surface area is 127 Å². The van der Waals surface area contributed by atoms with Gasteiger partial charge in [-0.25, -0.2) is 13.6 Å². The largest absolute Gasteiger partial charge is 0.444 e. The molecule has 0 radical (unpaired) electrons. The summed E-state index contributed by atoms with van der Waals surface area (Å²) < 4.78 is 33.8. The van der Waals surface area contributed by atoms with Gasteiger partial charge in [0.15, 0.2) is 0 Å². The van der Waals surface area contributed by atoms with Gasteiger partial charge in [0.05, 0.1) is 0 Å². The summed E-state index contributed by atoms with van der Waals surface area (Å²) in [6.45, 7) is 5.77. The third kappa shape index (κ3) is 5.39. The zero-order valence-electron chi connectivity index (χ0n) is 11.7. The summed E-state index contributed by atoms with van der Waals surface area (Å²) in [6, 6.07) is 0. The summed E-state index contributed by atoms with van der Waals surface area (Å²) in [5, 5.41) is 0. The van der Waals surface area contributed by atoms with Crippen molar-refractivity contribution in [3.05, 3.63) is 0 Å². The molecule has 1 amide bonds. The number of carbonyl (C=O) groups is 1. The minimum Gasteiger partial charge on any atom is -0.444 e. The Morgan fingerprint density at radius 3 is 2.58 bits per heavy atom. The van der Waals surface area contributed by atoms with Crippen molar-refractivity contribution in [2.45, 2.75) is 51.6 Å². The quantitative estimate of drug-likeness (QED) is 0.536. The number of hydrogen-bond acceptors (Lipinski definition) is 2. The number of hydrogen-bond donors (Lipinski definition) is 0. The summed E-state index contributed by atoms with van der Waals surface area (Å²) in [5.41, 5.74) is -0.584. The minimum atomic E-state index is -2.68. The lowest BCUT2D eigenvalue weighted by atomic mass is 9.97. The number of halogens is 3. The number of alkyl halides is 3. The van der Waals surface area contributed by atoms with Crippen LogP contribution in [0.5, 0.6) is 0 Å². The molecule has 0 aromatic heterocycles. The van der Waals surface area contributed by atoms with Crippen LogP contribution in [0.25, 0.3) is 0 Å². The third-order valence-corrected chi connectivity index (χ3v) is 3.84. The average Bonchev–Trinajstić information content (AvgIpc) is 2.74. The fourth-order valence-corrected chi connectivity index (χ4v) is 2.49. The van der Waals surface area contributed by atoms with Crippen LogP contribution in [0.15, 0.2) is 0 Å². The molecule has 0 bridgehead atoms. The van der Waals surface area contributed by atoms with E-state index in [0.29, 0.717) is 19.4 Å². The van der Waals surface area contributed by atoms with Crippen LogP contribution in [0.2, 0.25) is 0 Å². The normalized spacial score (nSPS) is 20.7. The Hall–Kier alpha value is -0.140. The molecule has 6 heteroatoms. The lowest BCUT2D eigenvalue weighted by Gasteiger charge is -2.26. The standard InChI is InChI=1S/C13H22F2INO2/c1-12(2,3)19-11(18)17-8-5-10(9-17)13(14,15)6-4-7-16/h10H,4-9H2,1-3H3. The lowest BCUT2D eigenvalue weighted by Crippen LogP contribution is -2.37. The zero-order valence-corrected chi connectivity index (χ0v) is 13.9. The third-order valence-electron chi connectivity index (χ3n) is 3.08. The summed E-state index contributed by atoms with van der Waals surface area (Å²) in [7, 11) is 0. The topological polar surface area (TPSA) is 29.5 Å².